The quantitative estimate of drug-likeness (QED) is 0.360. The molecule has 0 unspecified atom stereocenters. The van der Waals surface area contributed by atoms with E-state index < -0.39 is 5.97 Å². The van der Waals surface area contributed by atoms with Gasteiger partial charge in [-0.15, -0.1) is 11.5 Å². The summed E-state index contributed by atoms with van der Waals surface area (Å²) >= 11 is 0. The molecule has 0 spiro atoms. The molecule has 1 aromatic rings. The van der Waals surface area contributed by atoms with Gasteiger partial charge in [0, 0.05) is 14.1 Å². The van der Waals surface area contributed by atoms with Crippen LogP contribution in [0.3, 0.4) is 0 Å². The fourth-order valence-electron chi connectivity index (χ4n) is 1.35. The fraction of sp³-hybridized carbons (Fsp3) is 0.308. The second-order valence-corrected chi connectivity index (χ2v) is 3.75. The third-order valence-electron chi connectivity index (χ3n) is 2.20. The zero-order chi connectivity index (χ0) is 14.4. The van der Waals surface area contributed by atoms with E-state index in [1.54, 1.807) is 14.1 Å². The van der Waals surface area contributed by atoms with Crippen LogP contribution in [0.2, 0.25) is 0 Å². The lowest BCUT2D eigenvalue weighted by Crippen LogP contribution is -2.03. The fourth-order valence-corrected chi connectivity index (χ4v) is 1.35. The Morgan fingerprint density at radius 3 is 2.53 bits per heavy atom. The van der Waals surface area contributed by atoms with Crippen molar-refractivity contribution in [3.8, 4) is 18.1 Å². The normalized spacial score (nSPS) is 10.1. The van der Waals surface area contributed by atoms with Crippen molar-refractivity contribution < 1.29 is 14.3 Å². The van der Waals surface area contributed by atoms with E-state index >= 15 is 0 Å². The number of carbonyl (C=O) groups is 1. The second-order valence-electron chi connectivity index (χ2n) is 3.75. The highest BCUT2D eigenvalue weighted by molar-refractivity contribution is 5.91. The summed E-state index contributed by atoms with van der Waals surface area (Å²) in [4.78, 5) is 11.5. The van der Waals surface area contributed by atoms with Crippen LogP contribution in [-0.2, 0) is 4.74 Å². The number of methoxy groups -OCH3 is 2. The van der Waals surface area contributed by atoms with Crippen LogP contribution in [-0.4, -0.2) is 39.3 Å². The Morgan fingerprint density at radius 1 is 1.37 bits per heavy atom. The van der Waals surface area contributed by atoms with Crippen LogP contribution in [0, 0.1) is 12.3 Å². The van der Waals surface area contributed by atoms with Gasteiger partial charge in [0.05, 0.1) is 25.3 Å². The standard InChI is InChI=1S/C13H15N3O3/c1-6-9-7-10(13(17)19-5)8-11(18-4)12(9)14-15-16(2)3/h1,7-8H,2-5H3. The lowest BCUT2D eigenvalue weighted by Gasteiger charge is -2.09. The van der Waals surface area contributed by atoms with E-state index in [1.807, 2.05) is 0 Å². The molecule has 0 radical (unpaired) electrons. The molecule has 0 aliphatic heterocycles. The average Bonchev–Trinajstić information content (AvgIpc) is 2.42. The first-order chi connectivity index (χ1) is 9.03. The molecule has 0 bridgehead atoms. The highest BCUT2D eigenvalue weighted by atomic mass is 16.5. The number of hydrogen-bond acceptors (Lipinski definition) is 5. The lowest BCUT2D eigenvalue weighted by molar-refractivity contribution is 0.0600. The van der Waals surface area contributed by atoms with Crippen molar-refractivity contribution in [3.63, 3.8) is 0 Å². The molecule has 0 amide bonds. The molecule has 1 aromatic carbocycles. The Hall–Kier alpha value is -2.55. The SMILES string of the molecule is C#Cc1cc(C(=O)OC)cc(OC)c1N=NN(C)C. The number of esters is 1. The molecule has 0 fully saturated rings. The summed E-state index contributed by atoms with van der Waals surface area (Å²) in [6.07, 6.45) is 5.42. The van der Waals surface area contributed by atoms with Gasteiger partial charge in [-0.3, -0.25) is 5.01 Å². The molecule has 1 rings (SSSR count). The van der Waals surface area contributed by atoms with Gasteiger partial charge in [-0.05, 0) is 12.1 Å². The predicted octanol–water partition coefficient (Wildman–Crippen LogP) is 2.02. The van der Waals surface area contributed by atoms with Gasteiger partial charge < -0.3 is 9.47 Å². The Bertz CT molecular complexity index is 545. The van der Waals surface area contributed by atoms with E-state index in [0.717, 1.165) is 0 Å². The van der Waals surface area contributed by atoms with Crippen LogP contribution in [0.5, 0.6) is 5.75 Å². The highest BCUT2D eigenvalue weighted by Crippen LogP contribution is 2.33. The monoisotopic (exact) mass is 261 g/mol. The summed E-state index contributed by atoms with van der Waals surface area (Å²) in [6, 6.07) is 3.02. The van der Waals surface area contributed by atoms with Crippen LogP contribution >= 0.6 is 0 Å². The van der Waals surface area contributed by atoms with Gasteiger partial charge in [0.2, 0.25) is 0 Å². The zero-order valence-electron chi connectivity index (χ0n) is 11.3. The number of rotatable bonds is 4. The van der Waals surface area contributed by atoms with Crippen molar-refractivity contribution in [1.82, 2.24) is 5.01 Å². The number of ether oxygens (including phenoxy) is 2. The molecule has 19 heavy (non-hydrogen) atoms. The molecule has 0 atom stereocenters. The summed E-state index contributed by atoms with van der Waals surface area (Å²) in [6.45, 7) is 0. The van der Waals surface area contributed by atoms with Gasteiger partial charge in [-0.2, -0.15) is 0 Å². The highest BCUT2D eigenvalue weighted by Gasteiger charge is 2.15. The number of nitrogens with zero attached hydrogens (tertiary/aromatic N) is 3. The number of benzene rings is 1. The van der Waals surface area contributed by atoms with Gasteiger partial charge >= 0.3 is 5.97 Å². The Labute approximate surface area is 112 Å². The maximum absolute atomic E-state index is 11.5. The topological polar surface area (TPSA) is 63.5 Å². The number of hydrogen-bond donors (Lipinski definition) is 0. The second kappa shape index (κ2) is 6.40. The van der Waals surface area contributed by atoms with E-state index in [1.165, 1.54) is 31.4 Å². The van der Waals surface area contributed by atoms with E-state index in [-0.39, 0.29) is 0 Å². The first-order valence-electron chi connectivity index (χ1n) is 5.39. The minimum Gasteiger partial charge on any atom is -0.494 e. The molecule has 100 valence electrons. The van der Waals surface area contributed by atoms with Gasteiger partial charge in [0.1, 0.15) is 11.4 Å². The first-order valence-corrected chi connectivity index (χ1v) is 5.39. The molecular formula is C13H15N3O3. The molecular weight excluding hydrogens is 246 g/mol. The molecule has 0 aliphatic carbocycles. The largest absolute Gasteiger partial charge is 0.494 e. The maximum atomic E-state index is 11.5. The Kier molecular flexibility index (Phi) is 4.89. The molecule has 6 heteroatoms. The van der Waals surface area contributed by atoms with Gasteiger partial charge in [0.15, 0.2) is 0 Å². The smallest absolute Gasteiger partial charge is 0.338 e. The summed E-state index contributed by atoms with van der Waals surface area (Å²) < 4.78 is 9.83. The van der Waals surface area contributed by atoms with Gasteiger partial charge in [-0.25, -0.2) is 4.79 Å². The van der Waals surface area contributed by atoms with Crippen LogP contribution in [0.4, 0.5) is 5.69 Å². The van der Waals surface area contributed by atoms with Crippen molar-refractivity contribution in [2.24, 2.45) is 10.3 Å². The summed E-state index contributed by atoms with van der Waals surface area (Å²) in [5, 5.41) is 9.40. The number of carbonyl (C=O) groups excluding carboxylic acids is 1. The predicted molar refractivity (Wildman–Crippen MR) is 70.5 cm³/mol. The lowest BCUT2D eigenvalue weighted by atomic mass is 10.1. The Morgan fingerprint density at radius 2 is 2.05 bits per heavy atom. The van der Waals surface area contributed by atoms with Crippen molar-refractivity contribution in [2.75, 3.05) is 28.3 Å². The van der Waals surface area contributed by atoms with Crippen molar-refractivity contribution in [1.29, 1.82) is 0 Å². The van der Waals surface area contributed by atoms with Crippen LogP contribution in [0.15, 0.2) is 22.5 Å². The third kappa shape index (κ3) is 3.45. The van der Waals surface area contributed by atoms with Crippen LogP contribution < -0.4 is 4.74 Å². The average molecular weight is 261 g/mol. The molecule has 0 saturated carbocycles. The number of terminal acetylenes is 1. The first kappa shape index (κ1) is 14.5. The van der Waals surface area contributed by atoms with Crippen LogP contribution in [0.25, 0.3) is 0 Å². The van der Waals surface area contributed by atoms with Crippen molar-refractivity contribution >= 4 is 11.7 Å². The van der Waals surface area contributed by atoms with Gasteiger partial charge in [-0.1, -0.05) is 11.1 Å². The molecule has 0 heterocycles. The summed E-state index contributed by atoms with van der Waals surface area (Å²) in [5.74, 6) is 2.32. The summed E-state index contributed by atoms with van der Waals surface area (Å²) in [5.41, 5.74) is 1.10. The summed E-state index contributed by atoms with van der Waals surface area (Å²) in [7, 11) is 6.22. The minimum atomic E-state index is -0.495. The molecule has 0 N–H and O–H groups in total. The molecule has 0 aliphatic rings. The van der Waals surface area contributed by atoms with Crippen molar-refractivity contribution in [2.45, 2.75) is 0 Å². The minimum absolute atomic E-state index is 0.302. The van der Waals surface area contributed by atoms with E-state index in [9.17, 15) is 4.79 Å². The van der Waals surface area contributed by atoms with E-state index in [2.05, 4.69) is 21.0 Å². The maximum Gasteiger partial charge on any atom is 0.338 e. The molecule has 6 nitrogen and oxygen atoms in total. The van der Waals surface area contributed by atoms with E-state index in [4.69, 9.17) is 11.2 Å². The van der Waals surface area contributed by atoms with Crippen molar-refractivity contribution in [3.05, 3.63) is 23.3 Å². The van der Waals surface area contributed by atoms with Gasteiger partial charge in [0.25, 0.3) is 0 Å². The van der Waals surface area contributed by atoms with Crippen LogP contribution in [0.1, 0.15) is 15.9 Å². The molecule has 0 aromatic heterocycles. The Balaban J connectivity index is 3.39. The third-order valence-corrected chi connectivity index (χ3v) is 2.20. The molecule has 0 saturated heterocycles. The van der Waals surface area contributed by atoms with E-state index in [0.29, 0.717) is 22.6 Å². The zero-order valence-corrected chi connectivity index (χ0v) is 11.3.